The van der Waals surface area contributed by atoms with E-state index < -0.39 is 29.3 Å². The van der Waals surface area contributed by atoms with Crippen LogP contribution in [0.4, 0.5) is 5.69 Å². The number of morpholine rings is 1. The number of likely N-dealkylation sites (N-methyl/N-ethyl adjacent to an activating group) is 1. The van der Waals surface area contributed by atoms with Crippen LogP contribution in [0.1, 0.15) is 142 Å². The Balaban J connectivity index is 0.000000172. The maximum absolute atomic E-state index is 14.5. The van der Waals surface area contributed by atoms with E-state index in [4.69, 9.17) is 4.74 Å². The largest absolute Gasteiger partial charge is 0.382 e. The molecule has 0 amide bonds. The van der Waals surface area contributed by atoms with E-state index in [1.807, 2.05) is 189 Å². The predicted molar refractivity (Wildman–Crippen MR) is 349 cm³/mol. The molecule has 446 valence electrons. The van der Waals surface area contributed by atoms with E-state index in [0.29, 0.717) is 36.0 Å². The number of hydrogen-bond acceptors (Lipinski definition) is 10. The second-order valence-corrected chi connectivity index (χ2v) is 25.4. The number of carbonyl (C=O) groups is 5. The average molecular weight is 1170 g/mol. The Labute approximate surface area is 509 Å². The maximum Gasteiger partial charge on any atom is 0.248 e. The molecular weight excluding hydrogens is 1090 g/mol. The van der Waals surface area contributed by atoms with Crippen LogP contribution < -0.4 is 10.2 Å². The molecule has 0 aromatic heterocycles. The first-order chi connectivity index (χ1) is 41.2. The maximum atomic E-state index is 14.5. The Kier molecular flexibility index (Phi) is 23.2. The summed E-state index contributed by atoms with van der Waals surface area (Å²) < 4.78 is 19.9. The van der Waals surface area contributed by atoms with E-state index in [2.05, 4.69) is 41.0 Å². The number of benzene rings is 8. The summed E-state index contributed by atoms with van der Waals surface area (Å²) in [6.45, 7) is 16.6. The molecule has 8 aromatic carbocycles. The van der Waals surface area contributed by atoms with Gasteiger partial charge in [0.1, 0.15) is 5.60 Å². The van der Waals surface area contributed by atoms with Gasteiger partial charge in [-0.2, -0.15) is 0 Å². The highest BCUT2D eigenvalue weighted by Crippen LogP contribution is 2.53. The molecule has 1 atom stereocenters. The minimum atomic E-state index is -4.11. The number of aryl methyl sites for hydroxylation is 6. The van der Waals surface area contributed by atoms with Crippen molar-refractivity contribution in [3.63, 3.8) is 0 Å². The minimum Gasteiger partial charge on any atom is -0.382 e. The zero-order valence-electron chi connectivity index (χ0n) is 51.5. The van der Waals surface area contributed by atoms with Gasteiger partial charge in [0.25, 0.3) is 0 Å². The van der Waals surface area contributed by atoms with E-state index in [1.165, 1.54) is 5.56 Å². The lowest BCUT2D eigenvalue weighted by Gasteiger charge is -2.38. The van der Waals surface area contributed by atoms with Gasteiger partial charge in [0.05, 0.1) is 18.8 Å². The zero-order chi connectivity index (χ0) is 62.0. The number of aliphatic hydroxyl groups is 1. The molecule has 0 radical (unpaired) electrons. The second kappa shape index (κ2) is 30.4. The topological polar surface area (TPSA) is 138 Å². The van der Waals surface area contributed by atoms with Crippen LogP contribution in [0, 0.1) is 41.5 Å². The Bertz CT molecular complexity index is 3450. The fourth-order valence-corrected chi connectivity index (χ4v) is 14.4. The number of ether oxygens (including phenoxy) is 1. The van der Waals surface area contributed by atoms with Gasteiger partial charge in [0.2, 0.25) is 18.2 Å². The number of Topliss-reactive ketones (excluding diaryl/α,β-unsaturated/α-hetero) is 2. The number of anilines is 1. The predicted octanol–water partition coefficient (Wildman–Crippen LogP) is 15.3. The Morgan fingerprint density at radius 2 is 0.930 bits per heavy atom. The van der Waals surface area contributed by atoms with Gasteiger partial charge in [-0.05, 0) is 133 Å². The zero-order valence-corrected chi connectivity index (χ0v) is 52.4. The molecule has 10 rings (SSSR count). The van der Waals surface area contributed by atoms with E-state index in [0.717, 1.165) is 108 Å². The van der Waals surface area contributed by atoms with Crippen LogP contribution in [-0.2, 0) is 15.7 Å². The van der Waals surface area contributed by atoms with Crippen LogP contribution in [-0.4, -0.2) is 89.9 Å². The summed E-state index contributed by atoms with van der Waals surface area (Å²) >= 11 is 0. The first-order valence-electron chi connectivity index (χ1n) is 29.8. The van der Waals surface area contributed by atoms with Gasteiger partial charge in [0.15, 0.2) is 17.3 Å². The monoisotopic (exact) mass is 1170 g/mol. The van der Waals surface area contributed by atoms with Gasteiger partial charge >= 0.3 is 0 Å². The third-order valence-corrected chi connectivity index (χ3v) is 19.0. The molecule has 1 heterocycles. The molecule has 1 aliphatic heterocycles. The molecule has 1 saturated heterocycles. The van der Waals surface area contributed by atoms with E-state index in [-0.39, 0.29) is 22.7 Å². The van der Waals surface area contributed by atoms with E-state index in [9.17, 15) is 33.6 Å². The number of hydrogen-bond donors (Lipinski definition) is 1. The molecule has 0 bridgehead atoms. The molecule has 8 aromatic rings. The smallest absolute Gasteiger partial charge is 0.248 e. The van der Waals surface area contributed by atoms with Crippen molar-refractivity contribution in [1.82, 2.24) is 4.90 Å². The molecule has 0 spiro atoms. The lowest BCUT2D eigenvalue weighted by atomic mass is 9.79. The van der Waals surface area contributed by atoms with Crippen LogP contribution in [0.15, 0.2) is 200 Å². The Hall–Kier alpha value is -7.98. The van der Waals surface area contributed by atoms with Crippen molar-refractivity contribution in [3.05, 3.63) is 273 Å². The molecule has 1 unspecified atom stereocenters. The number of carbonyl (C=O) groups excluding carboxylic acids is 5. The van der Waals surface area contributed by atoms with Gasteiger partial charge in [-0.15, -0.1) is 0 Å². The van der Waals surface area contributed by atoms with Crippen molar-refractivity contribution < 1.29 is 38.4 Å². The summed E-state index contributed by atoms with van der Waals surface area (Å²) in [5.41, 5.74) is 8.14. The lowest BCUT2D eigenvalue weighted by Crippen LogP contribution is -2.52. The molecule has 2 aliphatic rings. The second-order valence-electron chi connectivity index (χ2n) is 22.9. The fourth-order valence-electron chi connectivity index (χ4n) is 11.8. The normalized spacial score (nSPS) is 14.3. The molecular formula is C75H83N2O8P. The summed E-state index contributed by atoms with van der Waals surface area (Å²) in [5, 5.41) is 10.5. The molecule has 1 aliphatic carbocycles. The summed E-state index contributed by atoms with van der Waals surface area (Å²) in [6.07, 6.45) is 5.73. The van der Waals surface area contributed by atoms with Crippen molar-refractivity contribution in [2.24, 2.45) is 0 Å². The fraction of sp³-hybridized carbons (Fsp3) is 0.293. The van der Waals surface area contributed by atoms with Gasteiger partial charge < -0.3 is 19.3 Å². The molecule has 11 heteroatoms. The van der Waals surface area contributed by atoms with Gasteiger partial charge in [-0.3, -0.25) is 28.9 Å². The van der Waals surface area contributed by atoms with E-state index >= 15 is 0 Å². The third-order valence-electron chi connectivity index (χ3n) is 16.4. The number of rotatable bonds is 16. The first kappa shape index (κ1) is 65.6. The van der Waals surface area contributed by atoms with Gasteiger partial charge in [-0.1, -0.05) is 213 Å². The van der Waals surface area contributed by atoms with Crippen LogP contribution in [0.25, 0.3) is 0 Å². The minimum absolute atomic E-state index is 0.0752. The number of ketones is 3. The van der Waals surface area contributed by atoms with Crippen molar-refractivity contribution in [2.75, 3.05) is 45.3 Å². The summed E-state index contributed by atoms with van der Waals surface area (Å²) in [5.74, 6) is 0.154. The van der Waals surface area contributed by atoms with E-state index in [1.54, 1.807) is 42.5 Å². The summed E-state index contributed by atoms with van der Waals surface area (Å²) in [7, 11) is -0.101. The highest BCUT2D eigenvalue weighted by Gasteiger charge is 2.45. The van der Waals surface area contributed by atoms with Crippen molar-refractivity contribution in [1.29, 1.82) is 0 Å². The highest BCUT2D eigenvalue weighted by molar-refractivity contribution is 8.01. The molecule has 1 N–H and O–H groups in total. The highest BCUT2D eigenvalue weighted by atomic mass is 31.2. The van der Waals surface area contributed by atoms with Crippen LogP contribution in [0.3, 0.4) is 0 Å². The first-order valence-corrected chi connectivity index (χ1v) is 31.5. The average Bonchev–Trinajstić information content (AvgIpc) is 1.13. The van der Waals surface area contributed by atoms with Crippen molar-refractivity contribution in [3.8, 4) is 0 Å². The Morgan fingerprint density at radius 1 is 0.535 bits per heavy atom. The molecule has 2 fully saturated rings. The van der Waals surface area contributed by atoms with Crippen LogP contribution >= 0.6 is 7.14 Å². The summed E-state index contributed by atoms with van der Waals surface area (Å²) in [4.78, 5) is 69.5. The van der Waals surface area contributed by atoms with Gasteiger partial charge in [-0.25, -0.2) is 0 Å². The number of nitrogens with zero attached hydrogens (tertiary/aromatic N) is 2. The lowest BCUT2D eigenvalue weighted by molar-refractivity contribution is 0.0116. The molecule has 10 nitrogen and oxygen atoms in total. The quantitative estimate of drug-likeness (QED) is 0.0735. The Morgan fingerprint density at radius 3 is 1.34 bits per heavy atom. The molecule has 86 heavy (non-hydrogen) atoms. The SMILES string of the molecule is CCC(Cc1ccccc1)(C(=O)c1ccc(N2CCOCC2)cc1)N(C)C.Cc1cc(C)c(C(=O)P(=O)(C(=O)c2c(C)cc(C)cc2C)c2ccccc2)c(C)c1.O=C(c1ccccc1)C1(O)CCCCC1.O=C(c1ccccc1)c1ccccc1. The van der Waals surface area contributed by atoms with Crippen LogP contribution in [0.5, 0.6) is 0 Å². The van der Waals surface area contributed by atoms with Crippen LogP contribution in [0.2, 0.25) is 0 Å². The van der Waals surface area contributed by atoms with Crippen molar-refractivity contribution >= 4 is 46.5 Å². The molecule has 1 saturated carbocycles. The third kappa shape index (κ3) is 15.9. The van der Waals surface area contributed by atoms with Crippen molar-refractivity contribution in [2.45, 2.75) is 105 Å². The standard InChI is InChI=1S/C26H27O3P.C23H30N2O2.C13H16O2.C13H10O/c1-16-12-18(3)23(19(4)13-16)25(27)30(29,22-10-8-7-9-11-22)26(28)24-20(5)14-17(2)15-21(24)6;1-4-23(24(2)3,18-19-8-6-5-7-9-19)22(26)20-10-12-21(13-11-20)25-14-16-27-17-15-25;14-12(11-7-3-1-4-8-11)13(15)9-5-2-6-10-13;14-13(11-7-3-1-4-8-11)12-9-5-2-6-10-12/h7-15H,1-6H3;5-13H,4,14-18H2,1-3H3;1,3-4,7-8,15H,2,5-6,9-10H2;1-10H. The van der Waals surface area contributed by atoms with Gasteiger partial charge in [0, 0.05) is 57.5 Å². The summed E-state index contributed by atoms with van der Waals surface area (Å²) in [6, 6.07) is 62.1.